The van der Waals surface area contributed by atoms with Gasteiger partial charge in [-0.3, -0.25) is 15.0 Å². The van der Waals surface area contributed by atoms with Crippen molar-refractivity contribution in [1.82, 2.24) is 19.7 Å². The van der Waals surface area contributed by atoms with Crippen molar-refractivity contribution in [3.8, 4) is 16.9 Å². The Morgan fingerprint density at radius 2 is 1.71 bits per heavy atom. The van der Waals surface area contributed by atoms with Gasteiger partial charge < -0.3 is 15.5 Å². The van der Waals surface area contributed by atoms with Gasteiger partial charge in [-0.05, 0) is 0 Å². The zero-order chi connectivity index (χ0) is 21.9. The molecule has 0 saturated heterocycles. The lowest BCUT2D eigenvalue weighted by molar-refractivity contribution is -0.145. The van der Waals surface area contributed by atoms with E-state index in [1.807, 2.05) is 0 Å². The van der Waals surface area contributed by atoms with Crippen LogP contribution in [0.1, 0.15) is 5.82 Å². The molecule has 2 heterocycles. The van der Waals surface area contributed by atoms with Crippen LogP contribution in [0.15, 0.2) is 22.0 Å². The number of amidine groups is 1. The van der Waals surface area contributed by atoms with E-state index in [1.54, 1.807) is 4.98 Å². The van der Waals surface area contributed by atoms with Gasteiger partial charge in [0.15, 0.2) is 11.6 Å². The predicted molar refractivity (Wildman–Crippen MR) is 82.9 cm³/mol. The van der Waals surface area contributed by atoms with Crippen LogP contribution in [-0.2, 0) is 13.2 Å². The third-order valence-electron chi connectivity index (χ3n) is 2.96. The molecule has 0 aliphatic rings. The summed E-state index contributed by atoms with van der Waals surface area (Å²) in [6, 6.07) is 0. The monoisotopic (exact) mass is 414 g/mol. The second kappa shape index (κ2) is 8.10. The zero-order valence-corrected chi connectivity index (χ0v) is 14.1. The van der Waals surface area contributed by atoms with Gasteiger partial charge in [0.05, 0.1) is 24.4 Å². The molecule has 0 spiro atoms. The maximum Gasteiger partial charge on any atom is 0.449 e. The molecule has 0 aliphatic heterocycles. The number of hydrogen-bond acceptors (Lipinski definition) is 6. The molecule has 0 amide bonds. The summed E-state index contributed by atoms with van der Waals surface area (Å²) < 4.78 is 75.7. The smallest absolute Gasteiger partial charge is 0.449 e. The molecule has 0 atom stereocenters. The Bertz CT molecular complexity index is 978. The molecular weight excluding hydrogens is 402 g/mol. The largest absolute Gasteiger partial charge is 0.491 e. The van der Waals surface area contributed by atoms with Crippen molar-refractivity contribution in [2.45, 2.75) is 12.4 Å². The Kier molecular flexibility index (Phi) is 6.55. The van der Waals surface area contributed by atoms with Crippen LogP contribution in [0.3, 0.4) is 0 Å². The number of alkyl halides is 6. The van der Waals surface area contributed by atoms with Crippen LogP contribution < -0.4 is 21.6 Å². The topological polar surface area (TPSA) is 140 Å². The lowest BCUT2D eigenvalue weighted by atomic mass is 10.1. The summed E-state index contributed by atoms with van der Waals surface area (Å²) in [5.74, 6) is -3.39. The molecular formula is C13H12F6N6O3. The van der Waals surface area contributed by atoms with E-state index < -0.39 is 35.1 Å². The summed E-state index contributed by atoms with van der Waals surface area (Å²) in [7, 11) is 2.57. The molecule has 2 aromatic rings. The lowest BCUT2D eigenvalue weighted by Crippen LogP contribution is -2.29. The first kappa shape index (κ1) is 22.7. The summed E-state index contributed by atoms with van der Waals surface area (Å²) in [6.45, 7) is 0. The average Bonchev–Trinajstić information content (AvgIpc) is 2.56. The van der Waals surface area contributed by atoms with E-state index in [9.17, 15) is 35.9 Å². The molecule has 2 rings (SSSR count). The van der Waals surface area contributed by atoms with Gasteiger partial charge in [0.1, 0.15) is 0 Å². The van der Waals surface area contributed by atoms with Crippen molar-refractivity contribution in [3.05, 3.63) is 38.9 Å². The van der Waals surface area contributed by atoms with Gasteiger partial charge in [0, 0.05) is 13.2 Å². The highest BCUT2D eigenvalue weighted by atomic mass is 19.4. The predicted octanol–water partition coefficient (Wildman–Crippen LogP) is 1.04. The number of halogens is 6. The van der Waals surface area contributed by atoms with E-state index in [0.717, 1.165) is 17.1 Å². The number of hydrogen-bond donors (Lipinski definition) is 3. The Balaban J connectivity index is 0.000000480. The minimum absolute atomic E-state index is 0.0388. The molecule has 0 aromatic carbocycles. The molecule has 0 fully saturated rings. The van der Waals surface area contributed by atoms with E-state index in [0.29, 0.717) is 0 Å². The molecule has 2 aromatic heterocycles. The molecule has 0 saturated carbocycles. The highest BCUT2D eigenvalue weighted by Crippen LogP contribution is 2.27. The summed E-state index contributed by atoms with van der Waals surface area (Å²) in [6.07, 6.45) is -7.55. The van der Waals surface area contributed by atoms with Gasteiger partial charge in [-0.15, -0.1) is 0 Å². The van der Waals surface area contributed by atoms with E-state index >= 15 is 0 Å². The normalized spacial score (nSPS) is 11.4. The second-order valence-electron chi connectivity index (χ2n) is 4.90. The van der Waals surface area contributed by atoms with E-state index in [2.05, 4.69) is 15.8 Å². The SMILES string of the molecule is COc1c(-c2cnc(C(F)(F)F)[nH]c2=O)cnn(C)c1=O.N=C(N)C(F)(F)F. The van der Waals surface area contributed by atoms with Gasteiger partial charge in [-0.1, -0.05) is 0 Å². The average molecular weight is 414 g/mol. The Hall–Kier alpha value is -3.39. The fourth-order valence-corrected chi connectivity index (χ4v) is 1.64. The van der Waals surface area contributed by atoms with Crippen LogP contribution in [-0.4, -0.2) is 38.9 Å². The molecule has 154 valence electrons. The van der Waals surface area contributed by atoms with Gasteiger partial charge in [0.25, 0.3) is 5.56 Å². The van der Waals surface area contributed by atoms with Crippen LogP contribution in [0, 0.1) is 5.41 Å². The highest BCUT2D eigenvalue weighted by Gasteiger charge is 2.34. The number of aryl methyl sites for hydroxylation is 1. The number of nitrogens with zero attached hydrogens (tertiary/aromatic N) is 3. The van der Waals surface area contributed by atoms with E-state index in [4.69, 9.17) is 10.1 Å². The van der Waals surface area contributed by atoms with Gasteiger partial charge in [-0.2, -0.15) is 31.4 Å². The maximum absolute atomic E-state index is 12.4. The van der Waals surface area contributed by atoms with Crippen LogP contribution in [0.25, 0.3) is 11.1 Å². The second-order valence-corrected chi connectivity index (χ2v) is 4.90. The van der Waals surface area contributed by atoms with Crippen molar-refractivity contribution in [2.75, 3.05) is 7.11 Å². The third kappa shape index (κ3) is 5.31. The maximum atomic E-state index is 12.4. The number of nitrogens with one attached hydrogen (secondary N) is 2. The van der Waals surface area contributed by atoms with Crippen molar-refractivity contribution in [3.63, 3.8) is 0 Å². The Morgan fingerprint density at radius 3 is 2.11 bits per heavy atom. The highest BCUT2D eigenvalue weighted by molar-refractivity contribution is 5.82. The first-order valence-corrected chi connectivity index (χ1v) is 6.88. The molecule has 9 nitrogen and oxygen atoms in total. The minimum atomic E-state index is -4.77. The summed E-state index contributed by atoms with van der Waals surface area (Å²) >= 11 is 0. The van der Waals surface area contributed by atoms with E-state index in [1.165, 1.54) is 14.2 Å². The van der Waals surface area contributed by atoms with Crippen molar-refractivity contribution < 1.29 is 31.1 Å². The first-order valence-electron chi connectivity index (χ1n) is 6.88. The molecule has 0 unspecified atom stereocenters. The number of H-pyrrole nitrogens is 1. The Morgan fingerprint density at radius 1 is 1.18 bits per heavy atom. The molecule has 15 heteroatoms. The fraction of sp³-hybridized carbons (Fsp3) is 0.308. The number of aromatic amines is 1. The first-order chi connectivity index (χ1) is 12.7. The Labute approximate surface area is 151 Å². The number of methoxy groups -OCH3 is 1. The molecule has 4 N–H and O–H groups in total. The standard InChI is InChI=1S/C11H9F3N4O3.C2H3F3N2/c1-18-9(20)7(21-2)5(4-16-18)6-3-15-10(11(12,13)14)17-8(6)19;3-2(4,5)1(6)7/h3-4H,1-2H3,(H,15,17,19);(H3,6,7). The zero-order valence-electron chi connectivity index (χ0n) is 14.1. The third-order valence-corrected chi connectivity index (χ3v) is 2.96. The minimum Gasteiger partial charge on any atom is -0.491 e. The fourth-order valence-electron chi connectivity index (χ4n) is 1.64. The van der Waals surface area contributed by atoms with Crippen LogP contribution in [0.4, 0.5) is 26.3 Å². The summed E-state index contributed by atoms with van der Waals surface area (Å²) in [5, 5.41) is 9.50. The van der Waals surface area contributed by atoms with Gasteiger partial charge >= 0.3 is 17.9 Å². The van der Waals surface area contributed by atoms with Crippen molar-refractivity contribution in [2.24, 2.45) is 12.8 Å². The van der Waals surface area contributed by atoms with Crippen LogP contribution >= 0.6 is 0 Å². The van der Waals surface area contributed by atoms with Crippen LogP contribution in [0.5, 0.6) is 5.75 Å². The molecule has 28 heavy (non-hydrogen) atoms. The molecule has 0 radical (unpaired) electrons. The van der Waals surface area contributed by atoms with Gasteiger partial charge in [-0.25, -0.2) is 9.67 Å². The van der Waals surface area contributed by atoms with Gasteiger partial charge in [0.2, 0.25) is 5.82 Å². The molecule has 0 bridgehead atoms. The van der Waals surface area contributed by atoms with E-state index in [-0.39, 0.29) is 16.9 Å². The number of ether oxygens (including phenoxy) is 1. The summed E-state index contributed by atoms with van der Waals surface area (Å²) in [4.78, 5) is 28.3. The molecule has 0 aliphatic carbocycles. The number of rotatable bonds is 2. The van der Waals surface area contributed by atoms with Crippen molar-refractivity contribution in [1.29, 1.82) is 5.41 Å². The van der Waals surface area contributed by atoms with Crippen molar-refractivity contribution >= 4 is 5.84 Å². The number of nitrogens with two attached hydrogens (primary N) is 1. The summed E-state index contributed by atoms with van der Waals surface area (Å²) in [5.41, 5.74) is 2.06. The number of aromatic nitrogens is 4. The van der Waals surface area contributed by atoms with Crippen LogP contribution in [0.2, 0.25) is 0 Å². The lowest BCUT2D eigenvalue weighted by Gasteiger charge is -2.09. The quantitative estimate of drug-likeness (QED) is 0.381.